The molecule has 2 aromatic carbocycles. The van der Waals surface area contributed by atoms with Gasteiger partial charge in [0.1, 0.15) is 23.4 Å². The Morgan fingerprint density at radius 2 is 1.51 bits per heavy atom. The minimum atomic E-state index is -2.05. The Labute approximate surface area is 419 Å². The van der Waals surface area contributed by atoms with Gasteiger partial charge in [-0.1, -0.05) is 85.0 Å². The zero-order valence-corrected chi connectivity index (χ0v) is 43.5. The number of methoxy groups -OCH3 is 1. The van der Waals surface area contributed by atoms with Crippen molar-refractivity contribution >= 4 is 40.3 Å². The molecule has 15 nitrogen and oxygen atoms in total. The van der Waals surface area contributed by atoms with Crippen LogP contribution >= 0.6 is 0 Å². The highest BCUT2D eigenvalue weighted by Crippen LogP contribution is 2.59. The Bertz CT molecular complexity index is 2410. The number of ether oxygens (including phenoxy) is 4. The third-order valence-corrected chi connectivity index (χ3v) is 16.6. The van der Waals surface area contributed by atoms with Crippen molar-refractivity contribution in [2.24, 2.45) is 46.5 Å². The number of fused-ring (bicyclic) bond motifs is 14. The Morgan fingerprint density at radius 3 is 2.13 bits per heavy atom. The summed E-state index contributed by atoms with van der Waals surface area (Å²) in [5.74, 6) is -6.28. The normalized spacial score (nSPS) is 34.8. The lowest BCUT2D eigenvalue weighted by Gasteiger charge is -2.59. The number of carbonyl (C=O) groups excluding carboxylic acids is 3. The van der Waals surface area contributed by atoms with Gasteiger partial charge in [-0.25, -0.2) is 0 Å². The number of nitrogens with one attached hydrogen (secondary N) is 1. The summed E-state index contributed by atoms with van der Waals surface area (Å²) in [7, 11) is 1.46. The van der Waals surface area contributed by atoms with Crippen LogP contribution in [0.15, 0.2) is 41.2 Å². The van der Waals surface area contributed by atoms with Crippen molar-refractivity contribution in [3.05, 3.63) is 52.8 Å². The quantitative estimate of drug-likeness (QED) is 0.0292. The van der Waals surface area contributed by atoms with Crippen molar-refractivity contribution in [3.63, 3.8) is 0 Å². The number of carbonyl (C=O) groups is 3. The van der Waals surface area contributed by atoms with Crippen molar-refractivity contribution < 1.29 is 58.9 Å². The van der Waals surface area contributed by atoms with Gasteiger partial charge in [-0.3, -0.25) is 19.4 Å². The van der Waals surface area contributed by atoms with Crippen molar-refractivity contribution in [3.8, 4) is 23.0 Å². The lowest BCUT2D eigenvalue weighted by molar-refractivity contribution is -0.160. The molecule has 0 saturated heterocycles. The van der Waals surface area contributed by atoms with E-state index >= 15 is 0 Å². The van der Waals surface area contributed by atoms with E-state index in [1.807, 2.05) is 0 Å². The summed E-state index contributed by atoms with van der Waals surface area (Å²) in [5, 5.41) is 69.9. The molecule has 4 aliphatic carbocycles. The first-order chi connectivity index (χ1) is 33.7. The summed E-state index contributed by atoms with van der Waals surface area (Å²) >= 11 is 0. The number of nitrogens with zero attached hydrogens (tertiary/aromatic N) is 2. The summed E-state index contributed by atoms with van der Waals surface area (Å²) in [6, 6.07) is 0. The van der Waals surface area contributed by atoms with Gasteiger partial charge in [0.2, 0.25) is 0 Å². The number of hydrogen-bond donors (Lipinski definition) is 6. The number of ketones is 1. The minimum Gasteiger partial charge on any atom is -0.507 e. The van der Waals surface area contributed by atoms with Gasteiger partial charge in [0, 0.05) is 67.7 Å². The molecule has 390 valence electrons. The molecule has 4 saturated carbocycles. The molecule has 9 unspecified atom stereocenters. The molecule has 0 radical (unpaired) electrons. The van der Waals surface area contributed by atoms with Gasteiger partial charge in [0.05, 0.1) is 58.5 Å². The van der Waals surface area contributed by atoms with Crippen LogP contribution in [-0.4, -0.2) is 104 Å². The lowest BCUT2D eigenvalue weighted by Crippen LogP contribution is -2.58. The summed E-state index contributed by atoms with van der Waals surface area (Å²) in [6.45, 7) is 15.6. The highest BCUT2D eigenvalue weighted by Gasteiger charge is 2.54. The van der Waals surface area contributed by atoms with E-state index < -0.39 is 88.8 Å². The molecule has 71 heavy (non-hydrogen) atoms. The van der Waals surface area contributed by atoms with Crippen LogP contribution in [0.4, 0.5) is 5.69 Å². The number of esters is 1. The van der Waals surface area contributed by atoms with Gasteiger partial charge < -0.3 is 49.8 Å². The number of unbranched alkanes of at least 4 members (excludes halogenated alkanes) is 5. The zero-order chi connectivity index (χ0) is 51.7. The van der Waals surface area contributed by atoms with E-state index in [1.54, 1.807) is 52.8 Å². The lowest BCUT2D eigenvalue weighted by atomic mass is 9.52. The first-order valence-electron chi connectivity index (χ1n) is 26.1. The van der Waals surface area contributed by atoms with Gasteiger partial charge >= 0.3 is 11.8 Å². The highest BCUT2D eigenvalue weighted by molar-refractivity contribution is 6.23. The molecule has 9 rings (SSSR count). The molecule has 1 amide bonds. The molecule has 15 heteroatoms. The van der Waals surface area contributed by atoms with Crippen LogP contribution in [0.1, 0.15) is 154 Å². The fourth-order valence-electron chi connectivity index (χ4n) is 12.8. The number of phenolic OH excluding ortho intramolecular Hbond substituents is 3. The van der Waals surface area contributed by atoms with Crippen LogP contribution in [0.2, 0.25) is 0 Å². The molecule has 9 atom stereocenters. The summed E-state index contributed by atoms with van der Waals surface area (Å²) in [5.41, 5.74) is -0.324. The average Bonchev–Trinajstić information content (AvgIpc) is 3.59. The van der Waals surface area contributed by atoms with Crippen molar-refractivity contribution in [1.82, 2.24) is 5.01 Å². The Hall–Kier alpha value is -5.12. The second-order valence-electron chi connectivity index (χ2n) is 21.9. The van der Waals surface area contributed by atoms with E-state index in [4.69, 9.17) is 24.0 Å². The van der Waals surface area contributed by atoms with Gasteiger partial charge in [-0.05, 0) is 82.6 Å². The molecule has 3 aliphatic heterocycles. The number of Topliss-reactive ketones (excluding diaryl/α,β-unsaturated/α-hetero) is 1. The zero-order valence-electron chi connectivity index (χ0n) is 43.5. The topological polar surface area (TPSA) is 217 Å². The number of phenols is 3. The van der Waals surface area contributed by atoms with Crippen molar-refractivity contribution in [1.29, 1.82) is 0 Å². The number of anilines is 1. The molecule has 7 aliphatic rings. The van der Waals surface area contributed by atoms with Gasteiger partial charge in [0.15, 0.2) is 5.75 Å². The second-order valence-corrected chi connectivity index (χ2v) is 21.9. The SMILES string of the molecule is CCCCCCCCN(/N=C/c1c2c(O)c3c(O)c(C)c4c(c3c1O)C(=O)C(C)(O/C=C/C(OC)C(C)C(OC(C)=O)C(C)C(O)C(C)C(O)C(C)/C=C/C=C(\C)C(=O)N2)O4)C12CC3CC(CC(C3)C1)C2. The fourth-order valence-corrected chi connectivity index (χ4v) is 12.8. The minimum absolute atomic E-state index is 0.0655. The Morgan fingerprint density at radius 1 is 0.873 bits per heavy atom. The maximum absolute atomic E-state index is 14.8. The second kappa shape index (κ2) is 21.9. The fraction of sp³-hybridized carbons (Fsp3) is 0.643. The summed E-state index contributed by atoms with van der Waals surface area (Å²) in [6.07, 6.45) is 18.6. The first kappa shape index (κ1) is 53.7. The van der Waals surface area contributed by atoms with Crippen molar-refractivity contribution in [2.45, 2.75) is 175 Å². The van der Waals surface area contributed by atoms with Crippen LogP contribution in [0.5, 0.6) is 23.0 Å². The van der Waals surface area contributed by atoms with Crippen LogP contribution in [0, 0.1) is 48.3 Å². The molecule has 0 spiro atoms. The number of amides is 1. The molecule has 9 bridgehead atoms. The summed E-state index contributed by atoms with van der Waals surface area (Å²) in [4.78, 5) is 41.5. The molecule has 3 heterocycles. The Balaban J connectivity index is 1.37. The average molecular weight is 986 g/mol. The number of aromatic hydroxyl groups is 3. The summed E-state index contributed by atoms with van der Waals surface area (Å²) < 4.78 is 24.0. The third-order valence-electron chi connectivity index (χ3n) is 16.6. The van der Waals surface area contributed by atoms with Gasteiger partial charge in [0.25, 0.3) is 11.7 Å². The van der Waals surface area contributed by atoms with E-state index in [2.05, 4.69) is 17.2 Å². The molecular formula is C56H79N3O12. The maximum Gasteiger partial charge on any atom is 0.312 e. The first-order valence-corrected chi connectivity index (χ1v) is 26.1. The maximum atomic E-state index is 14.8. The predicted octanol–water partition coefficient (Wildman–Crippen LogP) is 9.72. The number of aliphatic hydroxyl groups excluding tert-OH is 2. The number of hydrazone groups is 1. The van der Waals surface area contributed by atoms with E-state index in [-0.39, 0.29) is 50.0 Å². The van der Waals surface area contributed by atoms with E-state index in [0.29, 0.717) is 24.3 Å². The third kappa shape index (κ3) is 10.7. The van der Waals surface area contributed by atoms with Crippen LogP contribution in [0.25, 0.3) is 10.8 Å². The van der Waals surface area contributed by atoms with Crippen LogP contribution in [0.3, 0.4) is 0 Å². The van der Waals surface area contributed by atoms with Crippen LogP contribution in [-0.2, 0) is 23.8 Å². The number of allylic oxidation sites excluding steroid dienone is 2. The monoisotopic (exact) mass is 986 g/mol. The van der Waals surface area contributed by atoms with Crippen molar-refractivity contribution in [2.75, 3.05) is 19.0 Å². The Kier molecular flexibility index (Phi) is 16.6. The predicted molar refractivity (Wildman–Crippen MR) is 272 cm³/mol. The number of aliphatic hydroxyl groups is 2. The van der Waals surface area contributed by atoms with E-state index in [9.17, 15) is 39.9 Å². The standard InChI is InChI=1S/C56H79N3O12/c1-11-12-13-14-15-16-21-59(56-26-37-23-38(27-56)25-39(24-37)28-56)57-29-40-45-50(65)43-42(49(40)64)44-52(35(7)48(43)63)71-55(9,53(44)66)69-22-20-41(68-10)32(4)51(70-36(8)60)34(6)47(62)33(5)46(61)30(2)18-17-19-31(3)54(67)58-45/h17-20,22,29-30,32-34,37-39,41,46-47,51,61-65H,11-16,21,23-28H2,1-10H3,(H,58,67)/b18-17+,22-20+,31-19+,57-29+. The molecular weight excluding hydrogens is 907 g/mol. The molecule has 2 aromatic rings. The number of rotatable bonds is 12. The molecule has 4 fully saturated rings. The van der Waals surface area contributed by atoms with Crippen LogP contribution < -0.4 is 10.1 Å². The molecule has 0 aromatic heterocycles. The van der Waals surface area contributed by atoms with E-state index in [0.717, 1.165) is 44.9 Å². The smallest absolute Gasteiger partial charge is 0.312 e. The van der Waals surface area contributed by atoms with Gasteiger partial charge in [-0.2, -0.15) is 5.10 Å². The van der Waals surface area contributed by atoms with E-state index in [1.165, 1.54) is 78.5 Å². The number of benzene rings is 2. The van der Waals surface area contributed by atoms with Gasteiger partial charge in [-0.15, -0.1) is 0 Å². The number of hydrogen-bond acceptors (Lipinski definition) is 14. The molecule has 6 N–H and O–H groups in total. The largest absolute Gasteiger partial charge is 0.507 e. The highest BCUT2D eigenvalue weighted by atomic mass is 16.7.